The van der Waals surface area contributed by atoms with Crippen molar-refractivity contribution in [2.75, 3.05) is 19.8 Å². The van der Waals surface area contributed by atoms with Crippen molar-refractivity contribution in [3.63, 3.8) is 0 Å². The molecule has 6 nitrogen and oxygen atoms in total. The van der Waals surface area contributed by atoms with Crippen LogP contribution in [0.3, 0.4) is 0 Å². The smallest absolute Gasteiger partial charge is 0.219 e. The molecule has 152 valence electrons. The number of para-hydroxylation sites is 1. The van der Waals surface area contributed by atoms with E-state index in [0.717, 1.165) is 67.1 Å². The highest BCUT2D eigenvalue weighted by Gasteiger charge is 2.31. The lowest BCUT2D eigenvalue weighted by molar-refractivity contribution is -0.129. The molecule has 3 heterocycles. The van der Waals surface area contributed by atoms with Crippen LogP contribution in [0.4, 0.5) is 5.69 Å². The minimum atomic E-state index is 0.107. The van der Waals surface area contributed by atoms with E-state index in [1.807, 2.05) is 30.0 Å². The number of amides is 1. The van der Waals surface area contributed by atoms with Gasteiger partial charge >= 0.3 is 0 Å². The molecule has 0 radical (unpaired) electrons. The minimum Gasteiger partial charge on any atom is -0.381 e. The zero-order chi connectivity index (χ0) is 20.4. The molecule has 0 unspecified atom stereocenters. The van der Waals surface area contributed by atoms with Gasteiger partial charge < -0.3 is 9.64 Å². The molecule has 1 saturated heterocycles. The molecule has 0 N–H and O–H groups in total. The summed E-state index contributed by atoms with van der Waals surface area (Å²) in [6, 6.07) is 8.35. The highest BCUT2D eigenvalue weighted by Crippen LogP contribution is 2.37. The molecule has 0 aliphatic carbocycles. The van der Waals surface area contributed by atoms with Crippen molar-refractivity contribution in [1.82, 2.24) is 14.7 Å². The van der Waals surface area contributed by atoms with E-state index >= 15 is 0 Å². The summed E-state index contributed by atoms with van der Waals surface area (Å²) in [6.45, 7) is 10.3. The molecular formula is C23H28N4O2. The second-order valence-electron chi connectivity index (χ2n) is 7.63. The van der Waals surface area contributed by atoms with Crippen molar-refractivity contribution >= 4 is 23.9 Å². The Hall–Kier alpha value is -2.73. The first-order valence-electron chi connectivity index (χ1n) is 10.3. The summed E-state index contributed by atoms with van der Waals surface area (Å²) in [6.07, 6.45) is 4.87. The van der Waals surface area contributed by atoms with Crippen LogP contribution in [-0.2, 0) is 22.5 Å². The first-order chi connectivity index (χ1) is 14.1. The summed E-state index contributed by atoms with van der Waals surface area (Å²) in [7, 11) is 0. The molecular weight excluding hydrogens is 364 g/mol. The van der Waals surface area contributed by atoms with Gasteiger partial charge in [-0.2, -0.15) is 5.10 Å². The van der Waals surface area contributed by atoms with E-state index in [0.29, 0.717) is 12.6 Å². The van der Waals surface area contributed by atoms with Crippen LogP contribution in [0.1, 0.15) is 55.2 Å². The van der Waals surface area contributed by atoms with Gasteiger partial charge in [0.2, 0.25) is 5.91 Å². The molecule has 0 atom stereocenters. The van der Waals surface area contributed by atoms with Gasteiger partial charge in [-0.15, -0.1) is 0 Å². The third-order valence-corrected chi connectivity index (χ3v) is 5.98. The molecule has 1 aromatic heterocycles. The van der Waals surface area contributed by atoms with E-state index in [-0.39, 0.29) is 5.91 Å². The zero-order valence-electron chi connectivity index (χ0n) is 17.2. The second-order valence-corrected chi connectivity index (χ2v) is 7.63. The Kier molecular flexibility index (Phi) is 5.62. The van der Waals surface area contributed by atoms with E-state index in [1.165, 1.54) is 5.69 Å². The summed E-state index contributed by atoms with van der Waals surface area (Å²) < 4.78 is 7.78. The fraction of sp³-hybridized carbons (Fsp3) is 0.435. The number of aliphatic imine (C=N–C) groups is 1. The average molecular weight is 393 g/mol. The second kappa shape index (κ2) is 8.33. The van der Waals surface area contributed by atoms with Gasteiger partial charge in [-0.3, -0.25) is 14.5 Å². The number of rotatable bonds is 4. The topological polar surface area (TPSA) is 59.7 Å². The van der Waals surface area contributed by atoms with E-state index in [4.69, 9.17) is 9.84 Å². The van der Waals surface area contributed by atoms with Crippen LogP contribution in [0.15, 0.2) is 35.3 Å². The summed E-state index contributed by atoms with van der Waals surface area (Å²) in [4.78, 5) is 18.2. The first kappa shape index (κ1) is 19.6. The van der Waals surface area contributed by atoms with Crippen molar-refractivity contribution in [3.8, 4) is 0 Å². The molecule has 2 aromatic rings. The van der Waals surface area contributed by atoms with Gasteiger partial charge in [-0.25, -0.2) is 0 Å². The fourth-order valence-electron chi connectivity index (χ4n) is 4.42. The van der Waals surface area contributed by atoms with Crippen molar-refractivity contribution in [1.29, 1.82) is 0 Å². The third kappa shape index (κ3) is 3.65. The quantitative estimate of drug-likeness (QED) is 0.741. The van der Waals surface area contributed by atoms with Crippen molar-refractivity contribution < 1.29 is 9.53 Å². The molecule has 4 rings (SSSR count). The minimum absolute atomic E-state index is 0.107. The summed E-state index contributed by atoms with van der Waals surface area (Å²) >= 11 is 0. The van der Waals surface area contributed by atoms with Crippen molar-refractivity contribution in [2.24, 2.45) is 4.99 Å². The molecule has 0 spiro atoms. The normalized spacial score (nSPS) is 17.9. The Labute approximate surface area is 171 Å². The van der Waals surface area contributed by atoms with E-state index < -0.39 is 0 Å². The van der Waals surface area contributed by atoms with Gasteiger partial charge in [0.15, 0.2) is 0 Å². The monoisotopic (exact) mass is 392 g/mol. The number of allylic oxidation sites excluding steroid dienone is 1. The number of fused-ring (bicyclic) bond motifs is 1. The molecule has 1 aromatic carbocycles. The Morgan fingerprint density at radius 3 is 2.76 bits per heavy atom. The molecule has 2 aliphatic heterocycles. The number of benzene rings is 1. The number of aromatic nitrogens is 2. The number of nitrogens with zero attached hydrogens (tertiary/aromatic N) is 4. The van der Waals surface area contributed by atoms with Crippen LogP contribution >= 0.6 is 0 Å². The van der Waals surface area contributed by atoms with E-state index in [1.54, 1.807) is 6.92 Å². The highest BCUT2D eigenvalue weighted by atomic mass is 16.5. The molecule has 2 aliphatic rings. The number of ether oxygens (including phenoxy) is 1. The predicted molar refractivity (Wildman–Crippen MR) is 115 cm³/mol. The van der Waals surface area contributed by atoms with Crippen LogP contribution in [0, 0.1) is 0 Å². The molecule has 6 heteroatoms. The summed E-state index contributed by atoms with van der Waals surface area (Å²) in [5.74, 6) is 0.107. The highest BCUT2D eigenvalue weighted by molar-refractivity contribution is 5.86. The lowest BCUT2D eigenvalue weighted by Gasteiger charge is -2.29. The van der Waals surface area contributed by atoms with Gasteiger partial charge in [0.05, 0.1) is 17.4 Å². The van der Waals surface area contributed by atoms with Crippen LogP contribution in [0.2, 0.25) is 0 Å². The van der Waals surface area contributed by atoms with Gasteiger partial charge in [0.25, 0.3) is 0 Å². The number of hydrogen-bond acceptors (Lipinski definition) is 4. The molecule has 1 fully saturated rings. The number of carbonyl (C=O) groups is 1. The standard InChI is InChI=1S/C23H28N4O2/c1-4-18(19-7-5-6-8-21(19)24-3)23-20-15-26(16(2)28)12-9-22(20)27(25-23)17-10-13-29-14-11-17/h4-8,17H,3,9-15H2,1-2H3/b18-4+. The largest absolute Gasteiger partial charge is 0.381 e. The summed E-state index contributed by atoms with van der Waals surface area (Å²) in [5, 5.41) is 5.13. The van der Waals surface area contributed by atoms with Crippen LogP contribution < -0.4 is 0 Å². The zero-order valence-corrected chi connectivity index (χ0v) is 17.2. The summed E-state index contributed by atoms with van der Waals surface area (Å²) in [5.41, 5.74) is 6.27. The Morgan fingerprint density at radius 2 is 2.07 bits per heavy atom. The van der Waals surface area contributed by atoms with Gasteiger partial charge in [0.1, 0.15) is 0 Å². The number of carbonyl (C=O) groups excluding carboxylic acids is 1. The molecule has 0 saturated carbocycles. The fourth-order valence-corrected chi connectivity index (χ4v) is 4.42. The van der Waals surface area contributed by atoms with Crippen molar-refractivity contribution in [3.05, 3.63) is 52.9 Å². The van der Waals surface area contributed by atoms with Crippen molar-refractivity contribution in [2.45, 2.75) is 45.7 Å². The van der Waals surface area contributed by atoms with Gasteiger partial charge in [-0.1, -0.05) is 24.3 Å². The average Bonchev–Trinajstić information content (AvgIpc) is 3.14. The van der Waals surface area contributed by atoms with E-state index in [2.05, 4.69) is 28.5 Å². The lowest BCUT2D eigenvalue weighted by Crippen LogP contribution is -2.35. The van der Waals surface area contributed by atoms with E-state index in [9.17, 15) is 4.79 Å². The Morgan fingerprint density at radius 1 is 1.31 bits per heavy atom. The maximum absolute atomic E-state index is 12.1. The Balaban J connectivity index is 1.84. The third-order valence-electron chi connectivity index (χ3n) is 5.98. The Bertz CT molecular complexity index is 954. The maximum atomic E-state index is 12.1. The predicted octanol–water partition coefficient (Wildman–Crippen LogP) is 3.92. The SMILES string of the molecule is C=Nc1ccccc1/C(=C\C)c1nn(C2CCOCC2)c2c1CN(C(C)=O)CC2. The van der Waals surface area contributed by atoms with Crippen LogP contribution in [0.5, 0.6) is 0 Å². The molecule has 1 amide bonds. The number of hydrogen-bond donors (Lipinski definition) is 0. The molecule has 0 bridgehead atoms. The molecule has 29 heavy (non-hydrogen) atoms. The van der Waals surface area contributed by atoms with Gasteiger partial charge in [-0.05, 0) is 32.5 Å². The maximum Gasteiger partial charge on any atom is 0.219 e. The van der Waals surface area contributed by atoms with Crippen LogP contribution in [-0.4, -0.2) is 47.1 Å². The lowest BCUT2D eigenvalue weighted by atomic mass is 9.95. The van der Waals surface area contributed by atoms with Gasteiger partial charge in [0, 0.05) is 62.0 Å². The first-order valence-corrected chi connectivity index (χ1v) is 10.3. The van der Waals surface area contributed by atoms with Crippen LogP contribution in [0.25, 0.3) is 5.57 Å².